The van der Waals surface area contributed by atoms with E-state index in [-0.39, 0.29) is 30.3 Å². The Kier molecular flexibility index (Phi) is 5.15. The van der Waals surface area contributed by atoms with E-state index in [1.54, 1.807) is 0 Å². The number of carbonyl (C=O) groups excluding carboxylic acids is 1. The molecule has 0 radical (unpaired) electrons. The maximum atomic E-state index is 13.1. The van der Waals surface area contributed by atoms with Crippen LogP contribution in [0.3, 0.4) is 0 Å². The van der Waals surface area contributed by atoms with Gasteiger partial charge in [-0.05, 0) is 57.1 Å². The van der Waals surface area contributed by atoms with Gasteiger partial charge in [0.2, 0.25) is 17.4 Å². The first-order valence-corrected chi connectivity index (χ1v) is 10.5. The predicted molar refractivity (Wildman–Crippen MR) is 106 cm³/mol. The second kappa shape index (κ2) is 7.32. The molecule has 1 amide bonds. The number of benzene rings is 1. The van der Waals surface area contributed by atoms with Gasteiger partial charge < -0.3 is 14.4 Å². The highest BCUT2D eigenvalue weighted by molar-refractivity contribution is 5.85. The van der Waals surface area contributed by atoms with E-state index >= 15 is 0 Å². The van der Waals surface area contributed by atoms with Crippen molar-refractivity contribution in [2.24, 2.45) is 11.8 Å². The summed E-state index contributed by atoms with van der Waals surface area (Å²) in [4.78, 5) is 13.5. The lowest BCUT2D eigenvalue weighted by Crippen LogP contribution is -2.58. The van der Waals surface area contributed by atoms with Crippen LogP contribution in [0.2, 0.25) is 0 Å². The van der Waals surface area contributed by atoms with Crippen LogP contribution in [0.15, 0.2) is 28.7 Å². The quantitative estimate of drug-likeness (QED) is 0.786. The Morgan fingerprint density at radius 1 is 1.23 bits per heavy atom. The van der Waals surface area contributed by atoms with E-state index in [1.165, 1.54) is 0 Å². The van der Waals surface area contributed by atoms with Crippen LogP contribution in [-0.2, 0) is 10.2 Å². The summed E-state index contributed by atoms with van der Waals surface area (Å²) in [6.45, 7) is 4.73. The number of halogens is 3. The molecular formula is C22H26F3N3O3. The summed E-state index contributed by atoms with van der Waals surface area (Å²) >= 11 is 0. The van der Waals surface area contributed by atoms with Crippen LogP contribution in [-0.4, -0.2) is 51.0 Å². The third kappa shape index (κ3) is 3.73. The number of aromatic nitrogens is 2. The SMILES string of the molecule is Cc1ccc(-c2nnc(C3(C4CCN(C(=O)[C@@](C)(O)C(F)(F)F)CC4C)CC3)o2)cc1. The van der Waals surface area contributed by atoms with Crippen LogP contribution in [0.5, 0.6) is 0 Å². The van der Waals surface area contributed by atoms with Crippen molar-refractivity contribution in [1.29, 1.82) is 0 Å². The molecule has 2 heterocycles. The van der Waals surface area contributed by atoms with Gasteiger partial charge in [-0.25, -0.2) is 0 Å². The molecule has 2 unspecified atom stereocenters. The highest BCUT2D eigenvalue weighted by atomic mass is 19.4. The van der Waals surface area contributed by atoms with Crippen LogP contribution in [0.1, 0.15) is 44.6 Å². The van der Waals surface area contributed by atoms with Crippen molar-refractivity contribution in [1.82, 2.24) is 15.1 Å². The van der Waals surface area contributed by atoms with Crippen molar-refractivity contribution < 1.29 is 27.5 Å². The first-order valence-electron chi connectivity index (χ1n) is 10.5. The Labute approximate surface area is 178 Å². The number of aryl methyl sites for hydroxylation is 1. The third-order valence-electron chi connectivity index (χ3n) is 6.81. The second-order valence-electron chi connectivity index (χ2n) is 9.13. The largest absolute Gasteiger partial charge is 0.426 e. The zero-order valence-electron chi connectivity index (χ0n) is 17.7. The molecule has 1 aliphatic carbocycles. The second-order valence-corrected chi connectivity index (χ2v) is 9.13. The van der Waals surface area contributed by atoms with Crippen molar-refractivity contribution in [2.45, 2.75) is 57.2 Å². The highest BCUT2D eigenvalue weighted by Crippen LogP contribution is 2.58. The molecular weight excluding hydrogens is 411 g/mol. The summed E-state index contributed by atoms with van der Waals surface area (Å²) in [7, 11) is 0. The molecule has 0 bridgehead atoms. The fourth-order valence-electron chi connectivity index (χ4n) is 4.70. The fraction of sp³-hybridized carbons (Fsp3) is 0.591. The number of alkyl halides is 3. The topological polar surface area (TPSA) is 79.5 Å². The molecule has 1 aromatic carbocycles. The lowest BCUT2D eigenvalue weighted by Gasteiger charge is -2.42. The summed E-state index contributed by atoms with van der Waals surface area (Å²) in [6.07, 6.45) is -2.77. The number of amides is 1. The van der Waals surface area contributed by atoms with Gasteiger partial charge in [-0.2, -0.15) is 13.2 Å². The molecule has 9 heteroatoms. The van der Waals surface area contributed by atoms with Gasteiger partial charge in [0.15, 0.2) is 0 Å². The van der Waals surface area contributed by atoms with E-state index in [9.17, 15) is 23.1 Å². The van der Waals surface area contributed by atoms with Crippen molar-refractivity contribution in [3.63, 3.8) is 0 Å². The highest BCUT2D eigenvalue weighted by Gasteiger charge is 2.60. The van der Waals surface area contributed by atoms with E-state index in [0.717, 1.165) is 28.9 Å². The molecule has 4 rings (SSSR count). The van der Waals surface area contributed by atoms with Gasteiger partial charge in [-0.15, -0.1) is 10.2 Å². The normalized spacial score (nSPS) is 25.2. The van der Waals surface area contributed by atoms with Crippen molar-refractivity contribution >= 4 is 5.91 Å². The summed E-state index contributed by atoms with van der Waals surface area (Å²) in [5, 5.41) is 18.3. The van der Waals surface area contributed by atoms with Gasteiger partial charge in [0, 0.05) is 18.7 Å². The van der Waals surface area contributed by atoms with Crippen molar-refractivity contribution in [3.8, 4) is 11.5 Å². The number of rotatable bonds is 4. The smallest absolute Gasteiger partial charge is 0.420 e. The molecule has 1 saturated heterocycles. The Morgan fingerprint density at radius 2 is 1.87 bits per heavy atom. The Morgan fingerprint density at radius 3 is 2.42 bits per heavy atom. The molecule has 31 heavy (non-hydrogen) atoms. The first-order chi connectivity index (χ1) is 14.5. The molecule has 1 aromatic heterocycles. The fourth-order valence-corrected chi connectivity index (χ4v) is 4.70. The van der Waals surface area contributed by atoms with Gasteiger partial charge in [0.05, 0.1) is 5.41 Å². The minimum absolute atomic E-state index is 0.0704. The zero-order chi connectivity index (χ0) is 22.6. The van der Waals surface area contributed by atoms with Gasteiger partial charge in [0.25, 0.3) is 5.91 Å². The predicted octanol–water partition coefficient (Wildman–Crippen LogP) is 3.87. The van der Waals surface area contributed by atoms with Crippen molar-refractivity contribution in [2.75, 3.05) is 13.1 Å². The number of piperidine rings is 1. The standard InChI is InChI=1S/C22H26F3N3O3/c1-13-4-6-15(7-5-13)17-26-27-18(31-17)21(9-10-21)16-8-11-28(12-14(16)2)19(29)20(3,30)22(23,24)25/h4-7,14,16,30H,8-12H2,1-3H3/t14?,16?,20-/m1/s1. The molecule has 3 atom stereocenters. The van der Waals surface area contributed by atoms with E-state index in [4.69, 9.17) is 4.42 Å². The van der Waals surface area contributed by atoms with E-state index in [1.807, 2.05) is 38.1 Å². The molecule has 2 aromatic rings. The van der Waals surface area contributed by atoms with E-state index < -0.39 is 17.7 Å². The zero-order valence-corrected chi connectivity index (χ0v) is 17.7. The van der Waals surface area contributed by atoms with Crippen LogP contribution < -0.4 is 0 Å². The average molecular weight is 437 g/mol. The number of nitrogens with zero attached hydrogens (tertiary/aromatic N) is 3. The number of carbonyl (C=O) groups is 1. The monoisotopic (exact) mass is 437 g/mol. The molecule has 2 fully saturated rings. The summed E-state index contributed by atoms with van der Waals surface area (Å²) in [5.41, 5.74) is -1.71. The maximum Gasteiger partial charge on any atom is 0.426 e. The minimum atomic E-state index is -5.02. The minimum Gasteiger partial charge on any atom is -0.420 e. The maximum absolute atomic E-state index is 13.1. The van der Waals surface area contributed by atoms with Gasteiger partial charge in [0.1, 0.15) is 0 Å². The average Bonchev–Trinajstić information content (AvgIpc) is 3.35. The number of likely N-dealkylation sites (tertiary alicyclic amines) is 1. The molecule has 1 saturated carbocycles. The Bertz CT molecular complexity index is 964. The van der Waals surface area contributed by atoms with Crippen LogP contribution >= 0.6 is 0 Å². The van der Waals surface area contributed by atoms with E-state index in [2.05, 4.69) is 10.2 Å². The first kappa shape index (κ1) is 21.8. The van der Waals surface area contributed by atoms with Crippen LogP contribution in [0.25, 0.3) is 11.5 Å². The lowest BCUT2D eigenvalue weighted by molar-refractivity contribution is -0.251. The van der Waals surface area contributed by atoms with Gasteiger partial charge in [-0.3, -0.25) is 4.79 Å². The third-order valence-corrected chi connectivity index (χ3v) is 6.81. The molecule has 168 valence electrons. The molecule has 2 aliphatic rings. The Hall–Kier alpha value is -2.42. The molecule has 0 spiro atoms. The molecule has 6 nitrogen and oxygen atoms in total. The number of hydrogen-bond acceptors (Lipinski definition) is 5. The summed E-state index contributed by atoms with van der Waals surface area (Å²) in [6, 6.07) is 7.78. The summed E-state index contributed by atoms with van der Waals surface area (Å²) < 4.78 is 45.2. The molecule has 1 aliphatic heterocycles. The van der Waals surface area contributed by atoms with Gasteiger partial charge >= 0.3 is 6.18 Å². The lowest BCUT2D eigenvalue weighted by atomic mass is 9.74. The molecule has 1 N–H and O–H groups in total. The van der Waals surface area contributed by atoms with Crippen molar-refractivity contribution in [3.05, 3.63) is 35.7 Å². The van der Waals surface area contributed by atoms with E-state index in [0.29, 0.717) is 25.1 Å². The number of aliphatic hydroxyl groups is 1. The van der Waals surface area contributed by atoms with Crippen LogP contribution in [0, 0.1) is 18.8 Å². The van der Waals surface area contributed by atoms with Gasteiger partial charge in [-0.1, -0.05) is 24.6 Å². The summed E-state index contributed by atoms with van der Waals surface area (Å²) in [5.74, 6) is -0.253. The van der Waals surface area contributed by atoms with Crippen LogP contribution in [0.4, 0.5) is 13.2 Å². The Balaban J connectivity index is 1.49. The number of hydrogen-bond donors (Lipinski definition) is 1.